The minimum Gasteiger partial charge on any atom is -0.379 e. The predicted octanol–water partition coefficient (Wildman–Crippen LogP) is 2.40. The molecular formula is C16H24ClIN4O. The van der Waals surface area contributed by atoms with Crippen LogP contribution in [0.25, 0.3) is 0 Å². The van der Waals surface area contributed by atoms with E-state index in [2.05, 4.69) is 27.3 Å². The molecule has 1 atom stereocenters. The largest absolute Gasteiger partial charge is 0.379 e. The zero-order valence-electron chi connectivity index (χ0n) is 13.1. The molecule has 1 saturated carbocycles. The molecule has 1 unspecified atom stereocenters. The number of aliphatic imine (C=N–C) groups is 1. The third-order valence-electron chi connectivity index (χ3n) is 4.11. The summed E-state index contributed by atoms with van der Waals surface area (Å²) in [6, 6.07) is 8.74. The van der Waals surface area contributed by atoms with Gasteiger partial charge in [-0.25, -0.2) is 0 Å². The number of nitrogens with two attached hydrogens (primary N) is 1. The quantitative estimate of drug-likeness (QED) is 0.411. The van der Waals surface area contributed by atoms with E-state index >= 15 is 0 Å². The topological polar surface area (TPSA) is 62.9 Å². The molecule has 1 saturated heterocycles. The fourth-order valence-electron chi connectivity index (χ4n) is 2.67. The lowest BCUT2D eigenvalue weighted by atomic mass is 10.0. The molecule has 2 fully saturated rings. The molecule has 0 radical (unpaired) electrons. The van der Waals surface area contributed by atoms with Gasteiger partial charge in [-0.15, -0.1) is 24.0 Å². The van der Waals surface area contributed by atoms with Crippen molar-refractivity contribution >= 4 is 41.5 Å². The molecule has 2 aliphatic rings. The monoisotopic (exact) mass is 450 g/mol. The number of halogens is 2. The van der Waals surface area contributed by atoms with Crippen LogP contribution in [0.15, 0.2) is 29.3 Å². The fourth-order valence-corrected chi connectivity index (χ4v) is 2.80. The third kappa shape index (κ3) is 5.77. The molecule has 1 aromatic carbocycles. The van der Waals surface area contributed by atoms with Gasteiger partial charge in [-0.05, 0) is 30.5 Å². The number of nitrogens with one attached hydrogen (secondary N) is 1. The average Bonchev–Trinajstić information content (AvgIpc) is 3.34. The summed E-state index contributed by atoms with van der Waals surface area (Å²) in [4.78, 5) is 6.95. The molecule has 128 valence electrons. The molecule has 3 N–H and O–H groups in total. The van der Waals surface area contributed by atoms with Gasteiger partial charge in [-0.1, -0.05) is 23.7 Å². The molecule has 0 amide bonds. The van der Waals surface area contributed by atoms with Crippen molar-refractivity contribution in [3.05, 3.63) is 34.9 Å². The Labute approximate surface area is 159 Å². The molecule has 0 aromatic heterocycles. The lowest BCUT2D eigenvalue weighted by Gasteiger charge is -2.34. The van der Waals surface area contributed by atoms with E-state index in [-0.39, 0.29) is 30.0 Å². The van der Waals surface area contributed by atoms with Crippen molar-refractivity contribution < 1.29 is 4.74 Å². The standard InChI is InChI=1S/C16H23ClN4O.HI/c17-13-3-1-12(2-4-13)15(21-7-9-22-10-8-21)11-19-16(18)20-14-5-6-14;/h1-4,14-15H,5-11H2,(H3,18,19,20);1H. The Balaban J connectivity index is 0.00000192. The molecule has 1 heterocycles. The van der Waals surface area contributed by atoms with Crippen molar-refractivity contribution in [2.45, 2.75) is 24.9 Å². The van der Waals surface area contributed by atoms with Crippen molar-refractivity contribution in [3.8, 4) is 0 Å². The minimum atomic E-state index is 0. The first-order valence-corrected chi connectivity index (χ1v) is 8.24. The van der Waals surface area contributed by atoms with Gasteiger partial charge in [-0.3, -0.25) is 9.89 Å². The summed E-state index contributed by atoms with van der Waals surface area (Å²) in [6.45, 7) is 4.01. The first-order valence-electron chi connectivity index (χ1n) is 7.86. The van der Waals surface area contributed by atoms with Gasteiger partial charge in [0.15, 0.2) is 5.96 Å². The molecule has 0 spiro atoms. The zero-order chi connectivity index (χ0) is 15.4. The van der Waals surface area contributed by atoms with Crippen LogP contribution in [-0.4, -0.2) is 49.7 Å². The van der Waals surface area contributed by atoms with E-state index < -0.39 is 0 Å². The van der Waals surface area contributed by atoms with Gasteiger partial charge < -0.3 is 15.8 Å². The molecular weight excluding hydrogens is 427 g/mol. The lowest BCUT2D eigenvalue weighted by molar-refractivity contribution is 0.0180. The summed E-state index contributed by atoms with van der Waals surface area (Å²) >= 11 is 6.00. The Morgan fingerprint density at radius 2 is 1.96 bits per heavy atom. The summed E-state index contributed by atoms with van der Waals surface area (Å²) in [5, 5.41) is 3.99. The Morgan fingerprint density at radius 1 is 1.30 bits per heavy atom. The molecule has 1 aliphatic heterocycles. The Kier molecular flexibility index (Phi) is 7.39. The van der Waals surface area contributed by atoms with Crippen LogP contribution >= 0.6 is 35.6 Å². The van der Waals surface area contributed by atoms with Crippen molar-refractivity contribution in [2.24, 2.45) is 10.7 Å². The zero-order valence-corrected chi connectivity index (χ0v) is 16.2. The number of benzene rings is 1. The molecule has 0 bridgehead atoms. The van der Waals surface area contributed by atoms with Gasteiger partial charge in [0, 0.05) is 24.2 Å². The number of ether oxygens (including phenoxy) is 1. The van der Waals surface area contributed by atoms with Crippen LogP contribution in [0, 0.1) is 0 Å². The molecule has 23 heavy (non-hydrogen) atoms. The second-order valence-electron chi connectivity index (χ2n) is 5.86. The maximum absolute atomic E-state index is 6.00. The number of morpholine rings is 1. The molecule has 3 rings (SSSR count). The highest BCUT2D eigenvalue weighted by Crippen LogP contribution is 2.24. The number of guanidine groups is 1. The van der Waals surface area contributed by atoms with E-state index in [4.69, 9.17) is 22.1 Å². The summed E-state index contributed by atoms with van der Waals surface area (Å²) in [7, 11) is 0. The first-order chi connectivity index (χ1) is 10.7. The van der Waals surface area contributed by atoms with Gasteiger partial charge in [0.1, 0.15) is 0 Å². The van der Waals surface area contributed by atoms with E-state index in [9.17, 15) is 0 Å². The highest BCUT2D eigenvalue weighted by Gasteiger charge is 2.24. The van der Waals surface area contributed by atoms with E-state index in [0.717, 1.165) is 31.3 Å². The van der Waals surface area contributed by atoms with Crippen LogP contribution in [0.5, 0.6) is 0 Å². The highest BCUT2D eigenvalue weighted by molar-refractivity contribution is 14.0. The van der Waals surface area contributed by atoms with Crippen LogP contribution in [-0.2, 0) is 4.74 Å². The Hall–Kier alpha value is -0.570. The van der Waals surface area contributed by atoms with E-state index in [0.29, 0.717) is 18.5 Å². The summed E-state index contributed by atoms with van der Waals surface area (Å²) in [5.41, 5.74) is 7.19. The number of hydrogen-bond donors (Lipinski definition) is 2. The summed E-state index contributed by atoms with van der Waals surface area (Å²) in [5.74, 6) is 0.551. The number of rotatable bonds is 5. The maximum Gasteiger partial charge on any atom is 0.188 e. The van der Waals surface area contributed by atoms with Crippen molar-refractivity contribution in [2.75, 3.05) is 32.8 Å². The van der Waals surface area contributed by atoms with E-state index in [1.165, 1.54) is 18.4 Å². The molecule has 1 aliphatic carbocycles. The highest BCUT2D eigenvalue weighted by atomic mass is 127. The molecule has 7 heteroatoms. The fraction of sp³-hybridized carbons (Fsp3) is 0.562. The van der Waals surface area contributed by atoms with Gasteiger partial charge in [0.05, 0.1) is 25.8 Å². The van der Waals surface area contributed by atoms with Crippen molar-refractivity contribution in [1.29, 1.82) is 0 Å². The van der Waals surface area contributed by atoms with E-state index in [1.54, 1.807) is 0 Å². The normalized spacial score (nSPS) is 20.7. The van der Waals surface area contributed by atoms with Gasteiger partial charge in [0.2, 0.25) is 0 Å². The smallest absolute Gasteiger partial charge is 0.188 e. The minimum absolute atomic E-state index is 0. The van der Waals surface area contributed by atoms with Crippen molar-refractivity contribution in [3.63, 3.8) is 0 Å². The van der Waals surface area contributed by atoms with Gasteiger partial charge in [0.25, 0.3) is 0 Å². The lowest BCUT2D eigenvalue weighted by Crippen LogP contribution is -2.41. The Morgan fingerprint density at radius 3 is 2.57 bits per heavy atom. The van der Waals surface area contributed by atoms with Crippen LogP contribution in [0.1, 0.15) is 24.4 Å². The number of nitrogens with zero attached hydrogens (tertiary/aromatic N) is 2. The molecule has 5 nitrogen and oxygen atoms in total. The summed E-state index contributed by atoms with van der Waals surface area (Å²) in [6.07, 6.45) is 2.39. The first kappa shape index (κ1) is 18.8. The maximum atomic E-state index is 6.00. The molecule has 1 aromatic rings. The average molecular weight is 451 g/mol. The second-order valence-corrected chi connectivity index (χ2v) is 6.30. The Bertz CT molecular complexity index is 515. The predicted molar refractivity (Wildman–Crippen MR) is 105 cm³/mol. The van der Waals surface area contributed by atoms with Gasteiger partial charge >= 0.3 is 0 Å². The van der Waals surface area contributed by atoms with Crippen LogP contribution < -0.4 is 11.1 Å². The van der Waals surface area contributed by atoms with Crippen LogP contribution in [0.3, 0.4) is 0 Å². The third-order valence-corrected chi connectivity index (χ3v) is 4.36. The second kappa shape index (κ2) is 9.05. The number of hydrogen-bond acceptors (Lipinski definition) is 3. The summed E-state index contributed by atoms with van der Waals surface area (Å²) < 4.78 is 5.46. The van der Waals surface area contributed by atoms with Crippen molar-refractivity contribution in [1.82, 2.24) is 10.2 Å². The van der Waals surface area contributed by atoms with Gasteiger partial charge in [-0.2, -0.15) is 0 Å². The van der Waals surface area contributed by atoms with E-state index in [1.807, 2.05) is 12.1 Å². The SMILES string of the molecule is I.NC(=NCC(c1ccc(Cl)cc1)N1CCOCC1)NC1CC1. The van der Waals surface area contributed by atoms with Crippen LogP contribution in [0.2, 0.25) is 5.02 Å². The van der Waals surface area contributed by atoms with Crippen LogP contribution in [0.4, 0.5) is 0 Å².